The predicted octanol–water partition coefficient (Wildman–Crippen LogP) is 2.17. The van der Waals surface area contributed by atoms with E-state index in [0.717, 1.165) is 33.0 Å². The zero-order valence-electron chi connectivity index (χ0n) is 17.3. The molecule has 0 aliphatic carbocycles. The van der Waals surface area contributed by atoms with Gasteiger partial charge in [-0.25, -0.2) is 0 Å². The molecule has 0 atom stereocenters. The molecule has 2 N–H and O–H groups in total. The number of hydrogen-bond acceptors (Lipinski definition) is 2. The Balaban J connectivity index is 1.50. The van der Waals surface area contributed by atoms with E-state index in [1.165, 1.54) is 11.1 Å². The highest BCUT2D eigenvalue weighted by atomic mass is 16.2. The van der Waals surface area contributed by atoms with Crippen LogP contribution in [0.15, 0.2) is 97.1 Å². The fourth-order valence-corrected chi connectivity index (χ4v) is 3.60. The summed E-state index contributed by atoms with van der Waals surface area (Å²) in [6.45, 7) is 2.81. The molecule has 4 rings (SSSR count). The van der Waals surface area contributed by atoms with Crippen molar-refractivity contribution in [2.24, 2.45) is 0 Å². The van der Waals surface area contributed by atoms with E-state index >= 15 is 0 Å². The fourth-order valence-electron chi connectivity index (χ4n) is 3.60. The monoisotopic (exact) mass is 390 g/mol. The molecule has 0 saturated carbocycles. The molecule has 0 amide bonds. The molecule has 0 bridgehead atoms. The minimum absolute atomic E-state index is 0.633. The first-order valence-electron chi connectivity index (χ1n) is 10.2. The molecule has 0 saturated heterocycles. The first-order valence-corrected chi connectivity index (χ1v) is 10.2. The summed E-state index contributed by atoms with van der Waals surface area (Å²) in [7, 11) is 0. The van der Waals surface area contributed by atoms with Crippen molar-refractivity contribution >= 4 is 35.7 Å². The first-order chi connectivity index (χ1) is 14.5. The van der Waals surface area contributed by atoms with Crippen LogP contribution in [0.1, 0.15) is 11.1 Å². The second-order valence-corrected chi connectivity index (χ2v) is 7.87. The summed E-state index contributed by atoms with van der Waals surface area (Å²) in [5.41, 5.74) is 8.03. The van der Waals surface area contributed by atoms with Gasteiger partial charge in [0.2, 0.25) is 0 Å². The van der Waals surface area contributed by atoms with Gasteiger partial charge in [-0.05, 0) is 46.8 Å². The van der Waals surface area contributed by atoms with Crippen LogP contribution in [0.3, 0.4) is 0 Å². The Morgan fingerprint density at radius 2 is 0.633 bits per heavy atom. The summed E-state index contributed by atoms with van der Waals surface area (Å²) in [5.74, 6) is 0. The zero-order chi connectivity index (χ0) is 21.1. The molecule has 4 aromatic rings. The van der Waals surface area contributed by atoms with E-state index in [-0.39, 0.29) is 0 Å². The smallest absolute Gasteiger partial charge is 0.358 e. The first kappa shape index (κ1) is 20.2. The lowest BCUT2D eigenvalue weighted by atomic mass is 9.55. The molecule has 30 heavy (non-hydrogen) atoms. The van der Waals surface area contributed by atoms with Gasteiger partial charge in [-0.15, -0.1) is 0 Å². The number of hydrogen-bond donors (Lipinski definition) is 2. The van der Waals surface area contributed by atoms with Gasteiger partial charge in [0, 0.05) is 0 Å². The lowest BCUT2D eigenvalue weighted by Gasteiger charge is -2.11. The van der Waals surface area contributed by atoms with Gasteiger partial charge >= 0.3 is 13.8 Å². The van der Waals surface area contributed by atoms with E-state index in [1.807, 2.05) is 111 Å². The summed E-state index contributed by atoms with van der Waals surface area (Å²) in [4.78, 5) is 0. The van der Waals surface area contributed by atoms with Crippen LogP contribution < -0.4 is 21.9 Å². The highest BCUT2D eigenvalue weighted by Crippen LogP contribution is 2.17. The molecule has 0 fully saturated rings. The predicted molar refractivity (Wildman–Crippen MR) is 129 cm³/mol. The van der Waals surface area contributed by atoms with E-state index in [1.54, 1.807) is 0 Å². The maximum absolute atomic E-state index is 10.6. The van der Waals surface area contributed by atoms with Crippen LogP contribution in [0.25, 0.3) is 11.1 Å². The second-order valence-electron chi connectivity index (χ2n) is 7.87. The molecule has 4 aromatic carbocycles. The van der Waals surface area contributed by atoms with Gasteiger partial charge in [0.1, 0.15) is 0 Å². The van der Waals surface area contributed by atoms with Crippen LogP contribution in [0.4, 0.5) is 0 Å². The fraction of sp³-hybridized carbons (Fsp3) is 0.0769. The van der Waals surface area contributed by atoms with E-state index < -0.39 is 13.8 Å². The van der Waals surface area contributed by atoms with E-state index in [9.17, 15) is 10.0 Å². The Hall–Kier alpha value is -3.07. The van der Waals surface area contributed by atoms with Crippen LogP contribution in [-0.4, -0.2) is 23.9 Å². The summed E-state index contributed by atoms with van der Waals surface area (Å²) < 4.78 is 0. The molecule has 0 aliphatic rings. The van der Waals surface area contributed by atoms with Gasteiger partial charge < -0.3 is 10.0 Å². The van der Waals surface area contributed by atoms with E-state index in [2.05, 4.69) is 0 Å². The van der Waals surface area contributed by atoms with Gasteiger partial charge in [0.15, 0.2) is 0 Å². The van der Waals surface area contributed by atoms with Crippen LogP contribution in [0.5, 0.6) is 0 Å². The maximum atomic E-state index is 10.6. The largest absolute Gasteiger partial charge is 0.443 e. The highest BCUT2D eigenvalue weighted by molar-refractivity contribution is 6.79. The van der Waals surface area contributed by atoms with Crippen LogP contribution >= 0.6 is 0 Å². The average Bonchev–Trinajstić information content (AvgIpc) is 2.79. The molecule has 4 heteroatoms. The molecule has 0 unspecified atom stereocenters. The molecule has 0 aromatic heterocycles. The molecule has 0 radical (unpaired) electrons. The van der Waals surface area contributed by atoms with Crippen molar-refractivity contribution in [2.75, 3.05) is 0 Å². The van der Waals surface area contributed by atoms with Crippen molar-refractivity contribution in [3.63, 3.8) is 0 Å². The normalized spacial score (nSPS) is 10.7. The maximum Gasteiger partial charge on any atom is 0.358 e. The minimum Gasteiger partial charge on any atom is -0.443 e. The van der Waals surface area contributed by atoms with Gasteiger partial charge in [0.25, 0.3) is 0 Å². The lowest BCUT2D eigenvalue weighted by Crippen LogP contribution is -2.42. The number of benzene rings is 4. The van der Waals surface area contributed by atoms with Gasteiger partial charge in [-0.2, -0.15) is 0 Å². The van der Waals surface area contributed by atoms with Crippen molar-refractivity contribution < 1.29 is 10.0 Å². The van der Waals surface area contributed by atoms with Crippen molar-refractivity contribution in [3.05, 3.63) is 108 Å². The Bertz CT molecular complexity index is 1010. The van der Waals surface area contributed by atoms with Crippen molar-refractivity contribution in [3.8, 4) is 11.1 Å². The summed E-state index contributed by atoms with van der Waals surface area (Å²) in [6, 6.07) is 31.9. The van der Waals surface area contributed by atoms with Crippen LogP contribution in [0, 0.1) is 13.8 Å². The summed E-state index contributed by atoms with van der Waals surface area (Å²) in [6.07, 6.45) is 0. The van der Waals surface area contributed by atoms with Crippen molar-refractivity contribution in [1.82, 2.24) is 0 Å². The summed E-state index contributed by atoms with van der Waals surface area (Å²) >= 11 is 0. The van der Waals surface area contributed by atoms with E-state index in [4.69, 9.17) is 0 Å². The zero-order valence-corrected chi connectivity index (χ0v) is 17.3. The van der Waals surface area contributed by atoms with Crippen LogP contribution in [-0.2, 0) is 0 Å². The third-order valence-electron chi connectivity index (χ3n) is 5.57. The van der Waals surface area contributed by atoms with Gasteiger partial charge in [-0.3, -0.25) is 0 Å². The Morgan fingerprint density at radius 3 is 0.900 bits per heavy atom. The Labute approximate surface area is 179 Å². The molecular formula is C26H24B2O2. The number of aryl methyl sites for hydroxylation is 2. The second kappa shape index (κ2) is 8.74. The average molecular weight is 390 g/mol. The van der Waals surface area contributed by atoms with E-state index in [0.29, 0.717) is 0 Å². The topological polar surface area (TPSA) is 40.5 Å². The Morgan fingerprint density at radius 1 is 0.400 bits per heavy atom. The van der Waals surface area contributed by atoms with Crippen LogP contribution in [0.2, 0.25) is 0 Å². The lowest BCUT2D eigenvalue weighted by molar-refractivity contribution is 0.599. The molecular weight excluding hydrogens is 366 g/mol. The highest BCUT2D eigenvalue weighted by Gasteiger charge is 2.18. The molecule has 2 nitrogen and oxygen atoms in total. The molecule has 0 heterocycles. The molecule has 0 spiro atoms. The molecule has 146 valence electrons. The van der Waals surface area contributed by atoms with Crippen molar-refractivity contribution in [2.45, 2.75) is 13.8 Å². The SMILES string of the molecule is Cc1ccc(B(O)c2ccc(-c3ccc(B(O)c4ccc(C)cc4)cc3)cc2)cc1. The standard InChI is InChI=1S/C26H24B2O2/c1-19-3-11-23(12-4-19)27(29)25-15-7-21(8-16-25)22-9-17-26(18-10-22)28(30)24-13-5-20(2)6-14-24/h3-18,29-30H,1-2H3. The van der Waals surface area contributed by atoms with Crippen molar-refractivity contribution in [1.29, 1.82) is 0 Å². The quantitative estimate of drug-likeness (QED) is 0.513. The minimum atomic E-state index is -0.633. The van der Waals surface area contributed by atoms with Gasteiger partial charge in [-0.1, -0.05) is 108 Å². The molecule has 0 aliphatic heterocycles. The summed E-state index contributed by atoms with van der Waals surface area (Å²) in [5, 5.41) is 21.3. The van der Waals surface area contributed by atoms with Gasteiger partial charge in [0.05, 0.1) is 0 Å². The Kier molecular flexibility index (Phi) is 5.89. The third-order valence-corrected chi connectivity index (χ3v) is 5.57. The third kappa shape index (κ3) is 4.40. The number of rotatable bonds is 5.